The van der Waals surface area contributed by atoms with E-state index in [0.717, 1.165) is 49.7 Å². The predicted octanol–water partition coefficient (Wildman–Crippen LogP) is 6.01. The third kappa shape index (κ3) is 5.10. The molecule has 174 valence electrons. The molecule has 0 radical (unpaired) electrons. The second kappa shape index (κ2) is 9.77. The molecule has 0 heterocycles. The molecule has 5 atom stereocenters. The first-order chi connectivity index (χ1) is 14.6. The standard InChI is InChI=1S/C28H44O3/c1-6-28(31,7-2)16-14-19(3)24-12-13-25-21(9-8-15-27(24,25)5)10-11-22-17-23(29)18-26(30)20(22)4/h10-12,19,23,25-26,29-31H,4,6-9,13-18H2,1-3,5H3/t19-,23+,25?,26-,27+/m0/s1. The van der Waals surface area contributed by atoms with Gasteiger partial charge in [-0.15, -0.1) is 0 Å². The van der Waals surface area contributed by atoms with Crippen LogP contribution in [0.3, 0.4) is 0 Å². The highest BCUT2D eigenvalue weighted by atomic mass is 16.3. The molecule has 0 bridgehead atoms. The van der Waals surface area contributed by atoms with Crippen molar-refractivity contribution < 1.29 is 15.3 Å². The molecular formula is C28H44O3. The number of allylic oxidation sites excluding steroid dienone is 5. The van der Waals surface area contributed by atoms with Gasteiger partial charge in [-0.3, -0.25) is 0 Å². The molecule has 0 spiro atoms. The van der Waals surface area contributed by atoms with Crippen LogP contribution in [0.1, 0.15) is 91.9 Å². The molecule has 0 amide bonds. The lowest BCUT2D eigenvalue weighted by molar-refractivity contribution is 0.0184. The molecule has 31 heavy (non-hydrogen) atoms. The molecule has 3 aliphatic carbocycles. The van der Waals surface area contributed by atoms with Gasteiger partial charge in [-0.25, -0.2) is 0 Å². The summed E-state index contributed by atoms with van der Waals surface area (Å²) in [6.45, 7) is 13.0. The van der Waals surface area contributed by atoms with Gasteiger partial charge in [0.2, 0.25) is 0 Å². The highest BCUT2D eigenvalue weighted by Gasteiger charge is 2.46. The Bertz CT molecular complexity index is 754. The summed E-state index contributed by atoms with van der Waals surface area (Å²) < 4.78 is 0. The lowest BCUT2D eigenvalue weighted by Gasteiger charge is -2.43. The van der Waals surface area contributed by atoms with Crippen LogP contribution >= 0.6 is 0 Å². The van der Waals surface area contributed by atoms with E-state index in [1.54, 1.807) is 5.57 Å². The Kier molecular flexibility index (Phi) is 7.71. The summed E-state index contributed by atoms with van der Waals surface area (Å²) in [5, 5.41) is 30.9. The Balaban J connectivity index is 1.73. The van der Waals surface area contributed by atoms with Gasteiger partial charge >= 0.3 is 0 Å². The molecule has 3 heteroatoms. The number of hydrogen-bond acceptors (Lipinski definition) is 3. The Morgan fingerprint density at radius 3 is 2.65 bits per heavy atom. The van der Waals surface area contributed by atoms with E-state index in [4.69, 9.17) is 0 Å². The van der Waals surface area contributed by atoms with Crippen molar-refractivity contribution in [1.29, 1.82) is 0 Å². The second-order valence-corrected chi connectivity index (χ2v) is 10.7. The van der Waals surface area contributed by atoms with Gasteiger partial charge in [0.1, 0.15) is 0 Å². The molecule has 0 aliphatic heterocycles. The van der Waals surface area contributed by atoms with Crippen molar-refractivity contribution in [3.05, 3.63) is 47.1 Å². The van der Waals surface area contributed by atoms with Gasteiger partial charge in [0.15, 0.2) is 0 Å². The third-order valence-corrected chi connectivity index (χ3v) is 8.77. The van der Waals surface area contributed by atoms with Crippen LogP contribution in [0, 0.1) is 17.3 Å². The maximum atomic E-state index is 10.7. The molecule has 1 unspecified atom stereocenters. The van der Waals surface area contributed by atoms with Gasteiger partial charge in [-0.2, -0.15) is 0 Å². The van der Waals surface area contributed by atoms with Crippen LogP contribution in [0.5, 0.6) is 0 Å². The number of fused-ring (bicyclic) bond motifs is 1. The lowest BCUT2D eigenvalue weighted by Crippen LogP contribution is -2.33. The van der Waals surface area contributed by atoms with E-state index in [1.807, 2.05) is 0 Å². The minimum atomic E-state index is -0.629. The summed E-state index contributed by atoms with van der Waals surface area (Å²) >= 11 is 0. The van der Waals surface area contributed by atoms with Gasteiger partial charge in [-0.1, -0.05) is 63.6 Å². The zero-order valence-corrected chi connectivity index (χ0v) is 20.2. The Morgan fingerprint density at radius 1 is 1.26 bits per heavy atom. The number of aliphatic hydroxyl groups excluding tert-OH is 2. The van der Waals surface area contributed by atoms with E-state index in [1.165, 1.54) is 18.4 Å². The van der Waals surface area contributed by atoms with Crippen molar-refractivity contribution in [3.63, 3.8) is 0 Å². The monoisotopic (exact) mass is 428 g/mol. The quantitative estimate of drug-likeness (QED) is 0.435. The summed E-state index contributed by atoms with van der Waals surface area (Å²) in [6, 6.07) is 0. The van der Waals surface area contributed by atoms with Crippen molar-refractivity contribution in [2.75, 3.05) is 0 Å². The maximum absolute atomic E-state index is 10.7. The molecule has 2 saturated carbocycles. The first-order valence-electron chi connectivity index (χ1n) is 12.5. The first kappa shape index (κ1) is 24.5. The van der Waals surface area contributed by atoms with Gasteiger partial charge in [0, 0.05) is 6.42 Å². The van der Waals surface area contributed by atoms with Gasteiger partial charge in [-0.05, 0) is 86.2 Å². The molecule has 0 saturated heterocycles. The normalized spacial score (nSPS) is 35.4. The summed E-state index contributed by atoms with van der Waals surface area (Å²) in [4.78, 5) is 0. The minimum Gasteiger partial charge on any atom is -0.393 e. The largest absolute Gasteiger partial charge is 0.393 e. The second-order valence-electron chi connectivity index (χ2n) is 10.7. The van der Waals surface area contributed by atoms with Crippen LogP contribution in [0.25, 0.3) is 0 Å². The summed E-state index contributed by atoms with van der Waals surface area (Å²) in [6.07, 6.45) is 15.0. The van der Waals surface area contributed by atoms with Crippen molar-refractivity contribution in [1.82, 2.24) is 0 Å². The average Bonchev–Trinajstić information content (AvgIpc) is 3.10. The average molecular weight is 429 g/mol. The number of aliphatic hydroxyl groups is 3. The maximum Gasteiger partial charge on any atom is 0.0811 e. The van der Waals surface area contributed by atoms with Gasteiger partial charge in [0.25, 0.3) is 0 Å². The van der Waals surface area contributed by atoms with Crippen LogP contribution < -0.4 is 0 Å². The first-order valence-corrected chi connectivity index (χ1v) is 12.5. The highest BCUT2D eigenvalue weighted by molar-refractivity contribution is 5.40. The van der Waals surface area contributed by atoms with Crippen LogP contribution in [-0.2, 0) is 0 Å². The zero-order valence-electron chi connectivity index (χ0n) is 20.2. The SMILES string of the molecule is C=C1C(=CC=C2CCC[C@]3(C)C([C@@H](C)CCC(O)(CC)CC)=CCC23)C[C@@H](O)C[C@@H]1O. The Morgan fingerprint density at radius 2 is 1.97 bits per heavy atom. The molecular weight excluding hydrogens is 384 g/mol. The van der Waals surface area contributed by atoms with Crippen molar-refractivity contribution >= 4 is 0 Å². The van der Waals surface area contributed by atoms with Gasteiger partial charge in [0.05, 0.1) is 17.8 Å². The van der Waals surface area contributed by atoms with E-state index in [-0.39, 0.29) is 5.41 Å². The summed E-state index contributed by atoms with van der Waals surface area (Å²) in [7, 11) is 0. The fraction of sp³-hybridized carbons (Fsp3) is 0.714. The van der Waals surface area contributed by atoms with Crippen LogP contribution in [0.2, 0.25) is 0 Å². The van der Waals surface area contributed by atoms with Crippen LogP contribution in [-0.4, -0.2) is 33.1 Å². The zero-order chi connectivity index (χ0) is 22.8. The van der Waals surface area contributed by atoms with E-state index in [9.17, 15) is 15.3 Å². The van der Waals surface area contributed by atoms with Gasteiger partial charge < -0.3 is 15.3 Å². The smallest absolute Gasteiger partial charge is 0.0811 e. The van der Waals surface area contributed by atoms with Crippen molar-refractivity contribution in [2.45, 2.75) is 110 Å². The number of rotatable bonds is 7. The van der Waals surface area contributed by atoms with E-state index < -0.39 is 17.8 Å². The highest BCUT2D eigenvalue weighted by Crippen LogP contribution is 2.57. The van der Waals surface area contributed by atoms with Crippen molar-refractivity contribution in [2.24, 2.45) is 17.3 Å². The molecule has 3 rings (SSSR count). The van der Waals surface area contributed by atoms with Crippen LogP contribution in [0.4, 0.5) is 0 Å². The van der Waals surface area contributed by atoms with E-state index in [0.29, 0.717) is 24.7 Å². The molecule has 3 nitrogen and oxygen atoms in total. The van der Waals surface area contributed by atoms with E-state index >= 15 is 0 Å². The fourth-order valence-corrected chi connectivity index (χ4v) is 6.33. The molecule has 3 aliphatic rings. The topological polar surface area (TPSA) is 60.7 Å². The third-order valence-electron chi connectivity index (χ3n) is 8.77. The number of hydrogen-bond donors (Lipinski definition) is 3. The predicted molar refractivity (Wildman–Crippen MR) is 129 cm³/mol. The van der Waals surface area contributed by atoms with E-state index in [2.05, 4.69) is 52.5 Å². The summed E-state index contributed by atoms with van der Waals surface area (Å²) in [5.41, 5.74) is 4.54. The minimum absolute atomic E-state index is 0.209. The Hall–Kier alpha value is -1.16. The molecule has 3 N–H and O–H groups in total. The molecule has 0 aromatic heterocycles. The Labute approximate surface area is 189 Å². The van der Waals surface area contributed by atoms with Crippen LogP contribution in [0.15, 0.2) is 47.1 Å². The molecule has 0 aromatic rings. The summed E-state index contributed by atoms with van der Waals surface area (Å²) in [5.74, 6) is 1.04. The molecule has 2 fully saturated rings. The fourth-order valence-electron chi connectivity index (χ4n) is 6.33. The van der Waals surface area contributed by atoms with Crippen molar-refractivity contribution in [3.8, 4) is 0 Å². The lowest BCUT2D eigenvalue weighted by atomic mass is 9.62. The molecule has 0 aromatic carbocycles.